The van der Waals surface area contributed by atoms with Gasteiger partial charge in [-0.1, -0.05) is 51.5 Å². The molecule has 1 saturated carbocycles. The van der Waals surface area contributed by atoms with Gasteiger partial charge in [0.1, 0.15) is 6.10 Å². The van der Waals surface area contributed by atoms with Gasteiger partial charge in [-0.3, -0.25) is 4.79 Å². The Morgan fingerprint density at radius 3 is 2.50 bits per heavy atom. The lowest BCUT2D eigenvalue weighted by molar-refractivity contribution is -0.162. The van der Waals surface area contributed by atoms with Crippen LogP contribution in [0, 0.1) is 22.7 Å². The minimum Gasteiger partial charge on any atom is -0.478 e. The molecule has 4 nitrogen and oxygen atoms in total. The van der Waals surface area contributed by atoms with E-state index in [1.807, 2.05) is 6.92 Å². The van der Waals surface area contributed by atoms with E-state index < -0.39 is 12.1 Å². The van der Waals surface area contributed by atoms with E-state index in [-0.39, 0.29) is 28.6 Å². The highest BCUT2D eigenvalue weighted by Gasteiger charge is 2.57. The van der Waals surface area contributed by atoms with Crippen LogP contribution >= 0.6 is 0 Å². The summed E-state index contributed by atoms with van der Waals surface area (Å²) in [6, 6.07) is 0. The Hall–Kier alpha value is -1.84. The van der Waals surface area contributed by atoms with Crippen molar-refractivity contribution in [2.45, 2.75) is 66.4 Å². The van der Waals surface area contributed by atoms with Crippen molar-refractivity contribution >= 4 is 11.9 Å². The number of hydrogen-bond donors (Lipinski definition) is 1. The lowest BCUT2D eigenvalue weighted by Crippen LogP contribution is -2.55. The summed E-state index contributed by atoms with van der Waals surface area (Å²) < 4.78 is 5.63. The Kier molecular flexibility index (Phi) is 5.84. The summed E-state index contributed by atoms with van der Waals surface area (Å²) in [6.45, 7) is 13.8. The minimum absolute atomic E-state index is 0.0247. The maximum Gasteiger partial charge on any atom is 0.331 e. The maximum absolute atomic E-state index is 12.0. The van der Waals surface area contributed by atoms with E-state index in [2.05, 4.69) is 33.4 Å². The van der Waals surface area contributed by atoms with Gasteiger partial charge in [-0.2, -0.15) is 0 Å². The molecular formula is C22H32O4. The summed E-state index contributed by atoms with van der Waals surface area (Å²) in [7, 11) is 0. The molecular weight excluding hydrogens is 328 g/mol. The average Bonchev–Trinajstić information content (AvgIpc) is 2.51. The van der Waals surface area contributed by atoms with Crippen molar-refractivity contribution in [3.63, 3.8) is 0 Å². The van der Waals surface area contributed by atoms with Gasteiger partial charge >= 0.3 is 11.9 Å². The molecule has 0 amide bonds. The van der Waals surface area contributed by atoms with E-state index >= 15 is 0 Å². The SMILES string of the molecule is C=C/C(C)=C/C[C@@H]1C(C(=O)O)=C[C@H](OC(C)=O)[C@@H]2C(C)(C)CCC[C@@]12C. The predicted molar refractivity (Wildman–Crippen MR) is 103 cm³/mol. The number of hydrogen-bond acceptors (Lipinski definition) is 3. The van der Waals surface area contributed by atoms with Crippen LogP contribution in [0.3, 0.4) is 0 Å². The molecule has 2 aliphatic carbocycles. The first kappa shape index (κ1) is 20.5. The van der Waals surface area contributed by atoms with Gasteiger partial charge in [0.05, 0.1) is 0 Å². The lowest BCUT2D eigenvalue weighted by Gasteiger charge is -2.58. The number of carboxylic acid groups (broad SMARTS) is 1. The van der Waals surface area contributed by atoms with Crippen molar-refractivity contribution in [1.29, 1.82) is 0 Å². The van der Waals surface area contributed by atoms with Gasteiger partial charge in [0, 0.05) is 24.3 Å². The van der Waals surface area contributed by atoms with Gasteiger partial charge in [0.25, 0.3) is 0 Å². The molecule has 0 radical (unpaired) electrons. The zero-order chi connectivity index (χ0) is 19.7. The average molecular weight is 360 g/mol. The molecule has 1 fully saturated rings. The summed E-state index contributed by atoms with van der Waals surface area (Å²) in [5.74, 6) is -1.29. The molecule has 4 atom stereocenters. The molecule has 2 aliphatic rings. The number of fused-ring (bicyclic) bond motifs is 1. The largest absolute Gasteiger partial charge is 0.478 e. The molecule has 0 saturated heterocycles. The Morgan fingerprint density at radius 2 is 1.96 bits per heavy atom. The van der Waals surface area contributed by atoms with Gasteiger partial charge in [-0.15, -0.1) is 0 Å². The Labute approximate surface area is 157 Å². The zero-order valence-electron chi connectivity index (χ0n) is 16.7. The van der Waals surface area contributed by atoms with Crippen molar-refractivity contribution in [1.82, 2.24) is 0 Å². The highest BCUT2D eigenvalue weighted by molar-refractivity contribution is 5.88. The van der Waals surface area contributed by atoms with E-state index in [4.69, 9.17) is 4.74 Å². The standard InChI is InChI=1S/C22H32O4/c1-7-14(2)9-10-17-16(20(24)25)13-18(26-15(3)23)19-21(4,5)11-8-12-22(17,19)6/h7,9,13,17-19H,1,8,10-12H2,2-6H3,(H,24,25)/b14-9+/t17-,18+,19-,22+/m1/s1. The number of carboxylic acids is 1. The fourth-order valence-corrected chi connectivity index (χ4v) is 5.38. The molecule has 0 heterocycles. The Morgan fingerprint density at radius 1 is 1.31 bits per heavy atom. The fraction of sp³-hybridized carbons (Fsp3) is 0.636. The molecule has 26 heavy (non-hydrogen) atoms. The normalized spacial score (nSPS) is 33.7. The molecule has 0 aromatic rings. The molecule has 0 aromatic heterocycles. The summed E-state index contributed by atoms with van der Waals surface area (Å²) >= 11 is 0. The molecule has 144 valence electrons. The van der Waals surface area contributed by atoms with Gasteiger partial charge in [-0.05, 0) is 43.1 Å². The third-order valence-corrected chi connectivity index (χ3v) is 6.48. The summed E-state index contributed by atoms with van der Waals surface area (Å²) in [6.07, 6.45) is 8.78. The summed E-state index contributed by atoms with van der Waals surface area (Å²) in [5.41, 5.74) is 1.17. The van der Waals surface area contributed by atoms with Crippen LogP contribution in [0.25, 0.3) is 0 Å². The molecule has 4 heteroatoms. The van der Waals surface area contributed by atoms with Gasteiger partial charge in [0.2, 0.25) is 0 Å². The summed E-state index contributed by atoms with van der Waals surface area (Å²) in [5, 5.41) is 9.87. The molecule has 1 N–H and O–H groups in total. The number of allylic oxidation sites excluding steroid dienone is 3. The van der Waals surface area contributed by atoms with Crippen LogP contribution in [-0.4, -0.2) is 23.1 Å². The second-order valence-corrected chi connectivity index (χ2v) is 8.77. The molecule has 2 rings (SSSR count). The van der Waals surface area contributed by atoms with Crippen LogP contribution in [0.4, 0.5) is 0 Å². The van der Waals surface area contributed by atoms with E-state index in [1.165, 1.54) is 6.92 Å². The first-order valence-corrected chi connectivity index (χ1v) is 9.44. The minimum atomic E-state index is -0.917. The number of rotatable bonds is 5. The molecule has 0 aliphatic heterocycles. The number of ether oxygens (including phenoxy) is 1. The van der Waals surface area contributed by atoms with Gasteiger partial charge in [0.15, 0.2) is 0 Å². The molecule has 0 spiro atoms. The van der Waals surface area contributed by atoms with Crippen LogP contribution in [0.5, 0.6) is 0 Å². The maximum atomic E-state index is 12.0. The highest BCUT2D eigenvalue weighted by atomic mass is 16.5. The number of carbonyl (C=O) groups is 2. The van der Waals surface area contributed by atoms with Gasteiger partial charge < -0.3 is 9.84 Å². The first-order valence-electron chi connectivity index (χ1n) is 9.44. The Bertz CT molecular complexity index is 655. The van der Waals surface area contributed by atoms with Crippen molar-refractivity contribution in [2.75, 3.05) is 0 Å². The predicted octanol–water partition coefficient (Wildman–Crippen LogP) is 4.91. The first-order chi connectivity index (χ1) is 12.0. The second-order valence-electron chi connectivity index (χ2n) is 8.77. The van der Waals surface area contributed by atoms with Crippen molar-refractivity contribution in [3.8, 4) is 0 Å². The second kappa shape index (κ2) is 7.42. The number of carbonyl (C=O) groups excluding carboxylic acids is 1. The third kappa shape index (κ3) is 3.79. The van der Waals surface area contributed by atoms with Crippen LogP contribution in [0.15, 0.2) is 36.0 Å². The van der Waals surface area contributed by atoms with E-state index in [0.717, 1.165) is 24.8 Å². The monoisotopic (exact) mass is 360 g/mol. The van der Waals surface area contributed by atoms with Crippen LogP contribution < -0.4 is 0 Å². The summed E-state index contributed by atoms with van der Waals surface area (Å²) in [4.78, 5) is 23.7. The van der Waals surface area contributed by atoms with Crippen molar-refractivity contribution in [2.24, 2.45) is 22.7 Å². The number of esters is 1. The van der Waals surface area contributed by atoms with Crippen LogP contribution in [0.2, 0.25) is 0 Å². The molecule has 0 unspecified atom stereocenters. The van der Waals surface area contributed by atoms with Gasteiger partial charge in [-0.25, -0.2) is 4.79 Å². The fourth-order valence-electron chi connectivity index (χ4n) is 5.38. The lowest BCUT2D eigenvalue weighted by atomic mass is 9.47. The topological polar surface area (TPSA) is 63.6 Å². The van der Waals surface area contributed by atoms with Crippen LogP contribution in [0.1, 0.15) is 60.3 Å². The smallest absolute Gasteiger partial charge is 0.331 e. The Balaban J connectivity index is 2.59. The van der Waals surface area contributed by atoms with Crippen molar-refractivity contribution in [3.05, 3.63) is 36.0 Å². The van der Waals surface area contributed by atoms with E-state index in [0.29, 0.717) is 12.0 Å². The number of aliphatic carboxylic acids is 1. The quantitative estimate of drug-likeness (QED) is 0.559. The third-order valence-electron chi connectivity index (χ3n) is 6.48. The van der Waals surface area contributed by atoms with E-state index in [1.54, 1.807) is 12.2 Å². The van der Waals surface area contributed by atoms with Crippen molar-refractivity contribution < 1.29 is 19.4 Å². The molecule has 0 bridgehead atoms. The van der Waals surface area contributed by atoms with Crippen LogP contribution in [-0.2, 0) is 14.3 Å². The molecule has 0 aromatic carbocycles. The zero-order valence-corrected chi connectivity index (χ0v) is 16.7. The van der Waals surface area contributed by atoms with E-state index in [9.17, 15) is 14.7 Å². The highest BCUT2D eigenvalue weighted by Crippen LogP contribution is 2.61.